The first-order chi connectivity index (χ1) is 14.1. The Kier molecular flexibility index (Phi) is 7.86. The zero-order chi connectivity index (χ0) is 22.3. The maximum absolute atomic E-state index is 13.0. The highest BCUT2D eigenvalue weighted by Gasteiger charge is 2.30. The summed E-state index contributed by atoms with van der Waals surface area (Å²) in [5.41, 5.74) is 0.375. The number of anilines is 1. The van der Waals surface area contributed by atoms with Crippen LogP contribution < -0.4 is 10.6 Å². The molecule has 0 radical (unpaired) electrons. The van der Waals surface area contributed by atoms with Gasteiger partial charge < -0.3 is 15.5 Å². The van der Waals surface area contributed by atoms with Crippen molar-refractivity contribution in [1.82, 2.24) is 10.2 Å². The van der Waals surface area contributed by atoms with E-state index < -0.39 is 23.8 Å². The summed E-state index contributed by atoms with van der Waals surface area (Å²) in [6.07, 6.45) is -4.45. The van der Waals surface area contributed by atoms with Crippen molar-refractivity contribution in [2.75, 3.05) is 11.9 Å². The predicted molar refractivity (Wildman–Crippen MR) is 110 cm³/mol. The second-order valence-corrected chi connectivity index (χ2v) is 7.23. The van der Waals surface area contributed by atoms with Crippen molar-refractivity contribution in [2.45, 2.75) is 39.5 Å². The van der Waals surface area contributed by atoms with Crippen LogP contribution in [0.3, 0.4) is 0 Å². The summed E-state index contributed by atoms with van der Waals surface area (Å²) in [6, 6.07) is 12.2. The minimum atomic E-state index is -4.45. The number of likely N-dealkylation sites (N-methyl/N-ethyl adjacent to an activating group) is 1. The molecule has 8 heteroatoms. The molecule has 30 heavy (non-hydrogen) atoms. The van der Waals surface area contributed by atoms with E-state index >= 15 is 0 Å². The molecule has 2 aromatic carbocycles. The monoisotopic (exact) mass is 421 g/mol. The van der Waals surface area contributed by atoms with E-state index in [0.29, 0.717) is 13.1 Å². The van der Waals surface area contributed by atoms with Crippen molar-refractivity contribution in [3.8, 4) is 0 Å². The van der Waals surface area contributed by atoms with Crippen molar-refractivity contribution in [1.29, 1.82) is 0 Å². The summed E-state index contributed by atoms with van der Waals surface area (Å²) in [7, 11) is 0. The van der Waals surface area contributed by atoms with Crippen LogP contribution in [0.4, 0.5) is 23.7 Å². The first-order valence-electron chi connectivity index (χ1n) is 9.69. The number of carbonyl (C=O) groups excluding carboxylic acids is 2. The standard InChI is InChI=1S/C22H26F3N3O2/c1-4-28(14-16-8-6-5-7-9-16)20(29)19(15(2)3)27-21(30)26-18-12-10-17(11-13-18)22(23,24)25/h5-13,15,19H,4,14H2,1-3H3,(H2,26,27,30)/t19-/m0/s1. The number of halogens is 3. The third-order valence-corrected chi connectivity index (χ3v) is 4.60. The summed E-state index contributed by atoms with van der Waals surface area (Å²) < 4.78 is 38.0. The molecule has 0 saturated carbocycles. The lowest BCUT2D eigenvalue weighted by molar-refractivity contribution is -0.137. The molecule has 1 atom stereocenters. The molecule has 0 spiro atoms. The lowest BCUT2D eigenvalue weighted by Gasteiger charge is -2.29. The van der Waals surface area contributed by atoms with Gasteiger partial charge in [-0.05, 0) is 42.7 Å². The first kappa shape index (κ1) is 23.3. The lowest BCUT2D eigenvalue weighted by Crippen LogP contribution is -2.52. The van der Waals surface area contributed by atoms with E-state index in [0.717, 1.165) is 17.7 Å². The van der Waals surface area contributed by atoms with Gasteiger partial charge in [-0.3, -0.25) is 4.79 Å². The smallest absolute Gasteiger partial charge is 0.337 e. The maximum atomic E-state index is 13.0. The van der Waals surface area contributed by atoms with Gasteiger partial charge in [-0.1, -0.05) is 44.2 Å². The van der Waals surface area contributed by atoms with Crippen LogP contribution in [0, 0.1) is 5.92 Å². The predicted octanol–water partition coefficient (Wildman–Crippen LogP) is 4.90. The van der Waals surface area contributed by atoms with Gasteiger partial charge in [0, 0.05) is 18.8 Å². The second kappa shape index (κ2) is 10.1. The minimum Gasteiger partial charge on any atom is -0.337 e. The molecular weight excluding hydrogens is 395 g/mol. The van der Waals surface area contributed by atoms with Crippen LogP contribution in [-0.4, -0.2) is 29.4 Å². The van der Waals surface area contributed by atoms with E-state index in [1.807, 2.05) is 51.1 Å². The van der Waals surface area contributed by atoms with Crippen molar-refractivity contribution < 1.29 is 22.8 Å². The van der Waals surface area contributed by atoms with Gasteiger partial charge in [0.1, 0.15) is 6.04 Å². The average Bonchev–Trinajstić information content (AvgIpc) is 2.70. The Bertz CT molecular complexity index is 837. The van der Waals surface area contributed by atoms with Crippen LogP contribution in [0.5, 0.6) is 0 Å². The quantitative estimate of drug-likeness (QED) is 0.668. The second-order valence-electron chi connectivity index (χ2n) is 7.23. The summed E-state index contributed by atoms with van der Waals surface area (Å²) >= 11 is 0. The van der Waals surface area contributed by atoms with Crippen LogP contribution >= 0.6 is 0 Å². The number of rotatable bonds is 7. The molecule has 5 nitrogen and oxygen atoms in total. The molecule has 0 heterocycles. The van der Waals surface area contributed by atoms with E-state index in [-0.39, 0.29) is 17.5 Å². The van der Waals surface area contributed by atoms with Gasteiger partial charge in [-0.15, -0.1) is 0 Å². The Hall–Kier alpha value is -3.03. The number of hydrogen-bond donors (Lipinski definition) is 2. The van der Waals surface area contributed by atoms with Gasteiger partial charge >= 0.3 is 12.2 Å². The molecule has 3 amide bonds. The zero-order valence-electron chi connectivity index (χ0n) is 17.2. The maximum Gasteiger partial charge on any atom is 0.416 e. The molecule has 0 aliphatic carbocycles. The summed E-state index contributed by atoms with van der Waals surface area (Å²) in [5, 5.41) is 5.13. The molecule has 0 aliphatic rings. The summed E-state index contributed by atoms with van der Waals surface area (Å²) in [5.74, 6) is -0.403. The lowest BCUT2D eigenvalue weighted by atomic mass is 10.0. The van der Waals surface area contributed by atoms with Crippen LogP contribution in [0.1, 0.15) is 31.9 Å². The van der Waals surface area contributed by atoms with E-state index in [1.54, 1.807) is 4.90 Å². The molecule has 0 aliphatic heterocycles. The summed E-state index contributed by atoms with van der Waals surface area (Å²) in [4.78, 5) is 27.0. The fraction of sp³-hybridized carbons (Fsp3) is 0.364. The third-order valence-electron chi connectivity index (χ3n) is 4.60. The van der Waals surface area contributed by atoms with Crippen LogP contribution in [0.15, 0.2) is 54.6 Å². The largest absolute Gasteiger partial charge is 0.416 e. The van der Waals surface area contributed by atoms with Gasteiger partial charge in [0.2, 0.25) is 5.91 Å². The highest BCUT2D eigenvalue weighted by molar-refractivity contribution is 5.93. The zero-order valence-corrected chi connectivity index (χ0v) is 17.2. The highest BCUT2D eigenvalue weighted by Crippen LogP contribution is 2.29. The molecule has 0 aromatic heterocycles. The molecule has 2 rings (SSSR count). The van der Waals surface area contributed by atoms with Crippen molar-refractivity contribution in [2.24, 2.45) is 5.92 Å². The number of urea groups is 1. The van der Waals surface area contributed by atoms with E-state index in [4.69, 9.17) is 0 Å². The fourth-order valence-corrected chi connectivity index (χ4v) is 2.91. The molecule has 2 N–H and O–H groups in total. The average molecular weight is 421 g/mol. The molecule has 0 saturated heterocycles. The molecule has 162 valence electrons. The number of amides is 3. The molecule has 0 unspecified atom stereocenters. The number of nitrogens with zero attached hydrogens (tertiary/aromatic N) is 1. The first-order valence-corrected chi connectivity index (χ1v) is 9.69. The van der Waals surface area contributed by atoms with Gasteiger partial charge in [-0.25, -0.2) is 4.79 Å². The minimum absolute atomic E-state index is 0.180. The van der Waals surface area contributed by atoms with Crippen molar-refractivity contribution >= 4 is 17.6 Å². The molecular formula is C22H26F3N3O2. The van der Waals surface area contributed by atoms with Gasteiger partial charge in [0.25, 0.3) is 0 Å². The van der Waals surface area contributed by atoms with Crippen LogP contribution in [-0.2, 0) is 17.5 Å². The van der Waals surface area contributed by atoms with Gasteiger partial charge in [-0.2, -0.15) is 13.2 Å². The van der Waals surface area contributed by atoms with Crippen molar-refractivity contribution in [3.63, 3.8) is 0 Å². The number of alkyl halides is 3. The Morgan fingerprint density at radius 1 is 1.00 bits per heavy atom. The van der Waals surface area contributed by atoms with Gasteiger partial charge in [0.05, 0.1) is 5.56 Å². The van der Waals surface area contributed by atoms with Crippen molar-refractivity contribution in [3.05, 3.63) is 65.7 Å². The molecule has 0 bridgehead atoms. The van der Waals surface area contributed by atoms with Gasteiger partial charge in [0.15, 0.2) is 0 Å². The molecule has 0 fully saturated rings. The Morgan fingerprint density at radius 2 is 1.60 bits per heavy atom. The Morgan fingerprint density at radius 3 is 2.10 bits per heavy atom. The number of hydrogen-bond acceptors (Lipinski definition) is 2. The number of benzene rings is 2. The molecule has 2 aromatic rings. The normalized spacial score (nSPS) is 12.4. The fourth-order valence-electron chi connectivity index (χ4n) is 2.91. The van der Waals surface area contributed by atoms with E-state index in [9.17, 15) is 22.8 Å². The Labute approximate surface area is 174 Å². The van der Waals surface area contributed by atoms with E-state index in [1.165, 1.54) is 12.1 Å². The summed E-state index contributed by atoms with van der Waals surface area (Å²) in [6.45, 7) is 6.38. The highest BCUT2D eigenvalue weighted by atomic mass is 19.4. The SMILES string of the molecule is CCN(Cc1ccccc1)C(=O)[C@@H](NC(=O)Nc1ccc(C(F)(F)F)cc1)C(C)C. The van der Waals surface area contributed by atoms with Crippen LogP contribution in [0.25, 0.3) is 0 Å². The topological polar surface area (TPSA) is 61.4 Å². The van der Waals surface area contributed by atoms with E-state index in [2.05, 4.69) is 10.6 Å². The Balaban J connectivity index is 2.04. The number of nitrogens with one attached hydrogen (secondary N) is 2. The van der Waals surface area contributed by atoms with Crippen LogP contribution in [0.2, 0.25) is 0 Å². The number of carbonyl (C=O) groups is 2. The third kappa shape index (κ3) is 6.50.